The number of hydrogen-bond donors (Lipinski definition) is 1. The summed E-state index contributed by atoms with van der Waals surface area (Å²) in [6.45, 7) is 7.93. The van der Waals surface area contributed by atoms with Crippen LogP contribution in [-0.2, 0) is 4.74 Å². The van der Waals surface area contributed by atoms with Crippen molar-refractivity contribution in [2.75, 3.05) is 25.0 Å². The van der Waals surface area contributed by atoms with E-state index in [1.54, 1.807) is 6.20 Å². The van der Waals surface area contributed by atoms with Crippen molar-refractivity contribution in [2.45, 2.75) is 39.2 Å². The Morgan fingerprint density at radius 1 is 1.32 bits per heavy atom. The minimum atomic E-state index is -0.455. The van der Waals surface area contributed by atoms with E-state index in [1.165, 1.54) is 0 Å². The minimum absolute atomic E-state index is 0.220. The zero-order chi connectivity index (χ0) is 17.9. The maximum absolute atomic E-state index is 12.2. The zero-order valence-corrected chi connectivity index (χ0v) is 15.2. The third-order valence-electron chi connectivity index (χ3n) is 4.19. The lowest BCUT2D eigenvalue weighted by molar-refractivity contribution is 0.0172. The zero-order valence-electron chi connectivity index (χ0n) is 15.2. The number of hydrogen-bond acceptors (Lipinski definition) is 5. The van der Waals surface area contributed by atoms with E-state index < -0.39 is 5.60 Å². The molecule has 1 N–H and O–H groups in total. The summed E-state index contributed by atoms with van der Waals surface area (Å²) in [4.78, 5) is 23.1. The molecule has 0 bridgehead atoms. The Morgan fingerprint density at radius 2 is 2.08 bits per heavy atom. The third-order valence-corrected chi connectivity index (χ3v) is 4.19. The summed E-state index contributed by atoms with van der Waals surface area (Å²) >= 11 is 0. The second kappa shape index (κ2) is 7.25. The van der Waals surface area contributed by atoms with Gasteiger partial charge in [0, 0.05) is 19.6 Å². The normalized spacial score (nSPS) is 18.2. The smallest absolute Gasteiger partial charge is 0.410 e. The van der Waals surface area contributed by atoms with Crippen LogP contribution in [-0.4, -0.2) is 46.2 Å². The van der Waals surface area contributed by atoms with Crippen LogP contribution >= 0.6 is 0 Å². The lowest BCUT2D eigenvalue weighted by Crippen LogP contribution is -2.44. The van der Waals surface area contributed by atoms with Gasteiger partial charge in [-0.1, -0.05) is 12.1 Å². The molecule has 1 atom stereocenters. The molecule has 0 radical (unpaired) electrons. The molecule has 1 aliphatic heterocycles. The molecule has 2 aromatic rings. The highest BCUT2D eigenvalue weighted by atomic mass is 16.6. The first-order chi connectivity index (χ1) is 11.9. The van der Waals surface area contributed by atoms with E-state index in [0.717, 1.165) is 42.8 Å². The van der Waals surface area contributed by atoms with E-state index in [2.05, 4.69) is 15.3 Å². The highest BCUT2D eigenvalue weighted by Gasteiger charge is 2.27. The molecule has 0 unspecified atom stereocenters. The molecule has 3 rings (SSSR count). The Morgan fingerprint density at radius 3 is 2.84 bits per heavy atom. The molecule has 1 amide bonds. The molecule has 0 spiro atoms. The summed E-state index contributed by atoms with van der Waals surface area (Å²) in [7, 11) is 0. The van der Waals surface area contributed by atoms with E-state index >= 15 is 0 Å². The standard InChI is InChI=1S/C19H26N4O2/c1-19(2,3)25-18(24)23-10-6-7-14(13-23)11-21-17-12-20-15-8-4-5-9-16(15)22-17/h4-5,8-9,12,14H,6-7,10-11,13H2,1-3H3,(H,21,22)/t14-/m0/s1. The van der Waals surface area contributed by atoms with Gasteiger partial charge in [-0.05, 0) is 51.7 Å². The van der Waals surface area contributed by atoms with Crippen molar-refractivity contribution in [3.63, 3.8) is 0 Å². The Kier molecular flexibility index (Phi) is 5.06. The average molecular weight is 342 g/mol. The fourth-order valence-electron chi connectivity index (χ4n) is 3.02. The fraction of sp³-hybridized carbons (Fsp3) is 0.526. The van der Waals surface area contributed by atoms with E-state index in [9.17, 15) is 4.79 Å². The van der Waals surface area contributed by atoms with Gasteiger partial charge in [-0.15, -0.1) is 0 Å². The van der Waals surface area contributed by atoms with Gasteiger partial charge in [-0.3, -0.25) is 4.98 Å². The molecule has 1 aromatic carbocycles. The first-order valence-electron chi connectivity index (χ1n) is 8.84. The van der Waals surface area contributed by atoms with Crippen LogP contribution in [0.25, 0.3) is 11.0 Å². The maximum Gasteiger partial charge on any atom is 0.410 e. The van der Waals surface area contributed by atoms with E-state index in [-0.39, 0.29) is 6.09 Å². The Hall–Kier alpha value is -2.37. The van der Waals surface area contributed by atoms with Crippen LogP contribution in [0.4, 0.5) is 10.6 Å². The van der Waals surface area contributed by atoms with Gasteiger partial charge in [-0.2, -0.15) is 0 Å². The van der Waals surface area contributed by atoms with E-state index in [0.29, 0.717) is 12.5 Å². The topological polar surface area (TPSA) is 67.3 Å². The second-order valence-corrected chi connectivity index (χ2v) is 7.56. The predicted molar refractivity (Wildman–Crippen MR) is 98.6 cm³/mol. The molecule has 1 fully saturated rings. The number of fused-ring (bicyclic) bond motifs is 1. The molecule has 6 nitrogen and oxygen atoms in total. The number of benzene rings is 1. The molecular weight excluding hydrogens is 316 g/mol. The largest absolute Gasteiger partial charge is 0.444 e. The van der Waals surface area contributed by atoms with Gasteiger partial charge in [0.2, 0.25) is 0 Å². The molecule has 1 saturated heterocycles. The molecule has 134 valence electrons. The van der Waals surface area contributed by atoms with Crippen molar-refractivity contribution in [1.29, 1.82) is 0 Å². The van der Waals surface area contributed by atoms with Crippen LogP contribution in [0, 0.1) is 5.92 Å². The Labute approximate surface area is 148 Å². The highest BCUT2D eigenvalue weighted by Crippen LogP contribution is 2.20. The number of para-hydroxylation sites is 2. The highest BCUT2D eigenvalue weighted by molar-refractivity contribution is 5.75. The first-order valence-corrected chi connectivity index (χ1v) is 8.84. The fourth-order valence-corrected chi connectivity index (χ4v) is 3.02. The third kappa shape index (κ3) is 4.81. The van der Waals surface area contributed by atoms with Crippen LogP contribution in [0.5, 0.6) is 0 Å². The Bertz CT molecular complexity index is 742. The molecular formula is C19H26N4O2. The van der Waals surface area contributed by atoms with Gasteiger partial charge in [-0.25, -0.2) is 9.78 Å². The predicted octanol–water partition coefficient (Wildman–Crippen LogP) is 3.69. The van der Waals surface area contributed by atoms with Gasteiger partial charge < -0.3 is 15.0 Å². The number of nitrogens with one attached hydrogen (secondary N) is 1. The summed E-state index contributed by atoms with van der Waals surface area (Å²) < 4.78 is 5.48. The van der Waals surface area contributed by atoms with Gasteiger partial charge in [0.25, 0.3) is 0 Å². The quantitative estimate of drug-likeness (QED) is 0.921. The average Bonchev–Trinajstić information content (AvgIpc) is 2.58. The van der Waals surface area contributed by atoms with Crippen LogP contribution in [0.1, 0.15) is 33.6 Å². The second-order valence-electron chi connectivity index (χ2n) is 7.56. The van der Waals surface area contributed by atoms with Crippen LogP contribution in [0.2, 0.25) is 0 Å². The summed E-state index contributed by atoms with van der Waals surface area (Å²) in [5.41, 5.74) is 1.32. The number of rotatable bonds is 3. The number of likely N-dealkylation sites (tertiary alicyclic amines) is 1. The summed E-state index contributed by atoms with van der Waals surface area (Å²) in [5.74, 6) is 1.16. The molecule has 2 heterocycles. The number of piperidine rings is 1. The number of aromatic nitrogens is 2. The number of carbonyl (C=O) groups is 1. The number of ether oxygens (including phenoxy) is 1. The monoisotopic (exact) mass is 342 g/mol. The molecule has 0 saturated carbocycles. The van der Waals surface area contributed by atoms with Gasteiger partial charge >= 0.3 is 6.09 Å². The van der Waals surface area contributed by atoms with Crippen LogP contribution in [0.3, 0.4) is 0 Å². The SMILES string of the molecule is CC(C)(C)OC(=O)N1CCC[C@@H](CNc2cnc3ccccc3n2)C1. The first kappa shape index (κ1) is 17.5. The molecule has 25 heavy (non-hydrogen) atoms. The number of anilines is 1. The molecule has 6 heteroatoms. The number of amides is 1. The van der Waals surface area contributed by atoms with E-state index in [4.69, 9.17) is 4.74 Å². The Balaban J connectivity index is 1.56. The van der Waals surface area contributed by atoms with Crippen LogP contribution in [0.15, 0.2) is 30.5 Å². The maximum atomic E-state index is 12.2. The van der Waals surface area contributed by atoms with Crippen molar-refractivity contribution in [1.82, 2.24) is 14.9 Å². The van der Waals surface area contributed by atoms with Crippen molar-refractivity contribution < 1.29 is 9.53 Å². The molecule has 1 aromatic heterocycles. The lowest BCUT2D eigenvalue weighted by atomic mass is 9.98. The number of nitrogens with zero attached hydrogens (tertiary/aromatic N) is 3. The minimum Gasteiger partial charge on any atom is -0.444 e. The summed E-state index contributed by atoms with van der Waals surface area (Å²) in [6, 6.07) is 7.82. The van der Waals surface area contributed by atoms with E-state index in [1.807, 2.05) is 49.9 Å². The van der Waals surface area contributed by atoms with Crippen molar-refractivity contribution in [2.24, 2.45) is 5.92 Å². The van der Waals surface area contributed by atoms with Gasteiger partial charge in [0.15, 0.2) is 0 Å². The summed E-state index contributed by atoms with van der Waals surface area (Å²) in [5, 5.41) is 3.36. The van der Waals surface area contributed by atoms with Crippen molar-refractivity contribution in [3.05, 3.63) is 30.5 Å². The van der Waals surface area contributed by atoms with Crippen molar-refractivity contribution >= 4 is 22.9 Å². The molecule has 1 aliphatic rings. The van der Waals surface area contributed by atoms with Crippen LogP contribution < -0.4 is 5.32 Å². The lowest BCUT2D eigenvalue weighted by Gasteiger charge is -2.34. The summed E-state index contributed by atoms with van der Waals surface area (Å²) in [6.07, 6.45) is 3.63. The van der Waals surface area contributed by atoms with Gasteiger partial charge in [0.05, 0.1) is 17.2 Å². The van der Waals surface area contributed by atoms with Crippen molar-refractivity contribution in [3.8, 4) is 0 Å². The molecule has 0 aliphatic carbocycles. The number of carbonyl (C=O) groups excluding carboxylic acids is 1. The van der Waals surface area contributed by atoms with Gasteiger partial charge in [0.1, 0.15) is 11.4 Å².